The van der Waals surface area contributed by atoms with Gasteiger partial charge in [0.2, 0.25) is 0 Å². The minimum absolute atomic E-state index is 0.430. The minimum Gasteiger partial charge on any atom is -0.490 e. The lowest BCUT2D eigenvalue weighted by molar-refractivity contribution is 0.269. The molecule has 0 aliphatic carbocycles. The van der Waals surface area contributed by atoms with E-state index in [9.17, 15) is 0 Å². The number of benzene rings is 2. The van der Waals surface area contributed by atoms with E-state index in [4.69, 9.17) is 32.7 Å². The second-order valence-corrected chi connectivity index (χ2v) is 5.61. The van der Waals surface area contributed by atoms with Gasteiger partial charge in [0.15, 0.2) is 11.5 Å². The zero-order valence-electron chi connectivity index (χ0n) is 12.7. The smallest absolute Gasteiger partial charge is 0.163 e. The molecule has 2 aromatic carbocycles. The van der Waals surface area contributed by atoms with Gasteiger partial charge in [-0.3, -0.25) is 0 Å². The molecule has 0 radical (unpaired) electrons. The van der Waals surface area contributed by atoms with Crippen LogP contribution in [0.15, 0.2) is 36.4 Å². The molecule has 0 saturated heterocycles. The molecular formula is C17H19Cl2NO2. The van der Waals surface area contributed by atoms with Crippen LogP contribution < -0.4 is 14.8 Å². The molecule has 0 aromatic heterocycles. The number of hydrogen-bond donors (Lipinski definition) is 1. The molecule has 1 N–H and O–H groups in total. The summed E-state index contributed by atoms with van der Waals surface area (Å²) in [5.74, 6) is 1.34. The van der Waals surface area contributed by atoms with E-state index < -0.39 is 0 Å². The quantitative estimate of drug-likeness (QED) is 0.793. The molecule has 0 saturated carbocycles. The molecule has 5 heteroatoms. The van der Waals surface area contributed by atoms with Crippen LogP contribution in [0.5, 0.6) is 11.5 Å². The SMILES string of the molecule is CCOc1cc(CNC)c(Cl)cc1OCc1ccc(Cl)cc1. The van der Waals surface area contributed by atoms with Crippen molar-refractivity contribution in [3.05, 3.63) is 57.6 Å². The highest BCUT2D eigenvalue weighted by Gasteiger charge is 2.11. The minimum atomic E-state index is 0.430. The largest absolute Gasteiger partial charge is 0.490 e. The Bertz CT molecular complexity index is 615. The van der Waals surface area contributed by atoms with Gasteiger partial charge in [-0.15, -0.1) is 0 Å². The van der Waals surface area contributed by atoms with E-state index in [2.05, 4.69) is 5.32 Å². The lowest BCUT2D eigenvalue weighted by Crippen LogP contribution is -2.07. The first kappa shape index (κ1) is 16.9. The van der Waals surface area contributed by atoms with Gasteiger partial charge in [-0.25, -0.2) is 0 Å². The van der Waals surface area contributed by atoms with E-state index in [0.717, 1.165) is 11.1 Å². The normalized spacial score (nSPS) is 10.5. The van der Waals surface area contributed by atoms with Crippen LogP contribution in [0.2, 0.25) is 10.0 Å². The molecular weight excluding hydrogens is 321 g/mol. The van der Waals surface area contributed by atoms with Crippen molar-refractivity contribution in [1.29, 1.82) is 0 Å². The van der Waals surface area contributed by atoms with Gasteiger partial charge in [-0.05, 0) is 43.3 Å². The lowest BCUT2D eigenvalue weighted by Gasteiger charge is -2.15. The summed E-state index contributed by atoms with van der Waals surface area (Å²) >= 11 is 12.2. The number of halogens is 2. The van der Waals surface area contributed by atoms with Gasteiger partial charge in [0.25, 0.3) is 0 Å². The second-order valence-electron chi connectivity index (χ2n) is 4.77. The third-order valence-electron chi connectivity index (χ3n) is 3.09. The van der Waals surface area contributed by atoms with Gasteiger partial charge in [-0.1, -0.05) is 35.3 Å². The van der Waals surface area contributed by atoms with Crippen molar-refractivity contribution in [3.63, 3.8) is 0 Å². The molecule has 0 aliphatic rings. The van der Waals surface area contributed by atoms with Gasteiger partial charge < -0.3 is 14.8 Å². The van der Waals surface area contributed by atoms with Gasteiger partial charge in [0, 0.05) is 22.7 Å². The molecule has 0 fully saturated rings. The van der Waals surface area contributed by atoms with E-state index in [1.807, 2.05) is 44.3 Å². The summed E-state index contributed by atoms with van der Waals surface area (Å²) in [6.45, 7) is 3.61. The second kappa shape index (κ2) is 8.28. The standard InChI is InChI=1S/C17H19Cl2NO2/c1-3-21-16-8-13(10-20-2)15(19)9-17(16)22-11-12-4-6-14(18)7-5-12/h4-9,20H,3,10-11H2,1-2H3. The third-order valence-corrected chi connectivity index (χ3v) is 3.69. The summed E-state index contributed by atoms with van der Waals surface area (Å²) < 4.78 is 11.5. The van der Waals surface area contributed by atoms with Crippen LogP contribution in [-0.2, 0) is 13.2 Å². The molecule has 0 bridgehead atoms. The van der Waals surface area contributed by atoms with Crippen LogP contribution in [0, 0.1) is 0 Å². The van der Waals surface area contributed by atoms with Gasteiger partial charge in [-0.2, -0.15) is 0 Å². The molecule has 0 unspecified atom stereocenters. The van der Waals surface area contributed by atoms with Crippen molar-refractivity contribution < 1.29 is 9.47 Å². The number of hydrogen-bond acceptors (Lipinski definition) is 3. The van der Waals surface area contributed by atoms with Crippen LogP contribution in [0.4, 0.5) is 0 Å². The van der Waals surface area contributed by atoms with Crippen molar-refractivity contribution in [2.24, 2.45) is 0 Å². The Morgan fingerprint density at radius 3 is 2.32 bits per heavy atom. The van der Waals surface area contributed by atoms with E-state index >= 15 is 0 Å². The Labute approximate surface area is 141 Å². The Hall–Kier alpha value is -1.42. The average Bonchev–Trinajstić information content (AvgIpc) is 2.51. The number of ether oxygens (including phenoxy) is 2. The Morgan fingerprint density at radius 2 is 1.68 bits per heavy atom. The first-order valence-electron chi connectivity index (χ1n) is 7.11. The fourth-order valence-corrected chi connectivity index (χ4v) is 2.37. The van der Waals surface area contributed by atoms with E-state index in [1.165, 1.54) is 0 Å². The van der Waals surface area contributed by atoms with E-state index in [0.29, 0.717) is 41.3 Å². The number of rotatable bonds is 7. The van der Waals surface area contributed by atoms with Crippen molar-refractivity contribution >= 4 is 23.2 Å². The maximum absolute atomic E-state index is 6.29. The Morgan fingerprint density at radius 1 is 1.00 bits per heavy atom. The van der Waals surface area contributed by atoms with Crippen molar-refractivity contribution in [1.82, 2.24) is 5.32 Å². The van der Waals surface area contributed by atoms with Crippen LogP contribution >= 0.6 is 23.2 Å². The fourth-order valence-electron chi connectivity index (χ4n) is 2.03. The summed E-state index contributed by atoms with van der Waals surface area (Å²) in [5, 5.41) is 4.45. The first-order valence-corrected chi connectivity index (χ1v) is 7.86. The van der Waals surface area contributed by atoms with Crippen LogP contribution in [0.25, 0.3) is 0 Å². The van der Waals surface area contributed by atoms with Crippen molar-refractivity contribution in [3.8, 4) is 11.5 Å². The predicted molar refractivity (Wildman–Crippen MR) is 91.2 cm³/mol. The molecule has 118 valence electrons. The van der Waals surface area contributed by atoms with Crippen molar-refractivity contribution in [2.75, 3.05) is 13.7 Å². The van der Waals surface area contributed by atoms with Gasteiger partial charge in [0.1, 0.15) is 6.61 Å². The lowest BCUT2D eigenvalue weighted by atomic mass is 10.2. The maximum atomic E-state index is 6.29. The van der Waals surface area contributed by atoms with Crippen LogP contribution in [0.3, 0.4) is 0 Å². The Balaban J connectivity index is 2.17. The molecule has 0 heterocycles. The van der Waals surface area contributed by atoms with Gasteiger partial charge >= 0.3 is 0 Å². The average molecular weight is 340 g/mol. The fraction of sp³-hybridized carbons (Fsp3) is 0.294. The summed E-state index contributed by atoms with van der Waals surface area (Å²) in [6, 6.07) is 11.3. The van der Waals surface area contributed by atoms with E-state index in [-0.39, 0.29) is 0 Å². The van der Waals surface area contributed by atoms with Crippen molar-refractivity contribution in [2.45, 2.75) is 20.1 Å². The summed E-state index contributed by atoms with van der Waals surface area (Å²) in [6.07, 6.45) is 0. The summed E-state index contributed by atoms with van der Waals surface area (Å²) in [5.41, 5.74) is 2.01. The molecule has 22 heavy (non-hydrogen) atoms. The van der Waals surface area contributed by atoms with Crippen LogP contribution in [-0.4, -0.2) is 13.7 Å². The Kier molecular flexibility index (Phi) is 6.37. The van der Waals surface area contributed by atoms with E-state index in [1.54, 1.807) is 6.07 Å². The predicted octanol–water partition coefficient (Wildman–Crippen LogP) is 4.69. The summed E-state index contributed by atoms with van der Waals surface area (Å²) in [7, 11) is 1.88. The molecule has 3 nitrogen and oxygen atoms in total. The molecule has 0 aliphatic heterocycles. The molecule has 2 rings (SSSR count). The van der Waals surface area contributed by atoms with Gasteiger partial charge in [0.05, 0.1) is 6.61 Å². The third kappa shape index (κ3) is 4.54. The molecule has 0 spiro atoms. The summed E-state index contributed by atoms with van der Waals surface area (Å²) in [4.78, 5) is 0. The molecule has 2 aromatic rings. The highest BCUT2D eigenvalue weighted by atomic mass is 35.5. The highest BCUT2D eigenvalue weighted by molar-refractivity contribution is 6.31. The topological polar surface area (TPSA) is 30.5 Å². The highest BCUT2D eigenvalue weighted by Crippen LogP contribution is 2.34. The molecule has 0 atom stereocenters. The zero-order chi connectivity index (χ0) is 15.9. The zero-order valence-corrected chi connectivity index (χ0v) is 14.2. The molecule has 0 amide bonds. The number of nitrogens with one attached hydrogen (secondary N) is 1. The monoisotopic (exact) mass is 339 g/mol. The first-order chi connectivity index (χ1) is 10.6. The van der Waals surface area contributed by atoms with Crippen LogP contribution in [0.1, 0.15) is 18.1 Å². The maximum Gasteiger partial charge on any atom is 0.163 e.